The first kappa shape index (κ1) is 15.3. The van der Waals surface area contributed by atoms with Gasteiger partial charge in [0.1, 0.15) is 5.75 Å². The van der Waals surface area contributed by atoms with Gasteiger partial charge in [0.25, 0.3) is 5.91 Å². The van der Waals surface area contributed by atoms with E-state index in [0.29, 0.717) is 22.3 Å². The van der Waals surface area contributed by atoms with Gasteiger partial charge in [0.2, 0.25) is 0 Å². The number of carbonyl (C=O) groups is 1. The van der Waals surface area contributed by atoms with Crippen LogP contribution in [0.2, 0.25) is 0 Å². The van der Waals surface area contributed by atoms with Crippen LogP contribution >= 0.6 is 11.8 Å². The molecular weight excluding hydrogens is 310 g/mol. The van der Waals surface area contributed by atoms with E-state index >= 15 is 0 Å². The summed E-state index contributed by atoms with van der Waals surface area (Å²) in [6.07, 6.45) is 5.10. The lowest BCUT2D eigenvalue weighted by atomic mass is 10.2. The molecule has 0 spiro atoms. The lowest BCUT2D eigenvalue weighted by molar-refractivity contribution is -0.122. The summed E-state index contributed by atoms with van der Waals surface area (Å²) in [6, 6.07) is 10.4. The largest absolute Gasteiger partial charge is 0.508 e. The summed E-state index contributed by atoms with van der Waals surface area (Å²) in [6.45, 7) is 2.46. The molecule has 0 unspecified atom stereocenters. The van der Waals surface area contributed by atoms with Crippen LogP contribution in [0.1, 0.15) is 12.5 Å². The van der Waals surface area contributed by atoms with Crippen molar-refractivity contribution in [2.45, 2.75) is 6.92 Å². The molecule has 0 radical (unpaired) electrons. The molecule has 0 atom stereocenters. The predicted molar refractivity (Wildman–Crippen MR) is 92.4 cm³/mol. The fraction of sp³-hybridized carbons (Fsp3) is 0.118. The fourth-order valence-corrected chi connectivity index (χ4v) is 3.23. The number of rotatable bonds is 3. The van der Waals surface area contributed by atoms with Crippen LogP contribution in [0.4, 0.5) is 5.69 Å². The first-order chi connectivity index (χ1) is 11.2. The topological polar surface area (TPSA) is 65.8 Å². The Kier molecular flexibility index (Phi) is 4.43. The zero-order valence-electron chi connectivity index (χ0n) is 12.5. The highest BCUT2D eigenvalue weighted by Crippen LogP contribution is 2.34. The highest BCUT2D eigenvalue weighted by atomic mass is 32.2. The number of aliphatic imine (C=N–C) groups is 1. The maximum atomic E-state index is 12.5. The minimum atomic E-state index is -0.0801. The Labute approximate surface area is 138 Å². The number of phenolic OH excluding ortho intramolecular Hbond substituents is 1. The maximum absolute atomic E-state index is 12.5. The number of carbonyl (C=O) groups excluding carboxylic acids is 1. The van der Waals surface area contributed by atoms with Crippen LogP contribution in [-0.2, 0) is 4.79 Å². The molecule has 1 aromatic heterocycles. The van der Waals surface area contributed by atoms with E-state index < -0.39 is 0 Å². The summed E-state index contributed by atoms with van der Waals surface area (Å²) >= 11 is 1.33. The molecule has 1 N–H and O–H groups in total. The van der Waals surface area contributed by atoms with Crippen LogP contribution in [0.5, 0.6) is 5.75 Å². The SMILES string of the molecule is CCN1C(=O)/C(=C/c2cccc(O)c2)SC1=Nc1cccnc1. The minimum absolute atomic E-state index is 0.0801. The monoisotopic (exact) mass is 325 g/mol. The number of benzene rings is 1. The molecule has 1 aliphatic rings. The van der Waals surface area contributed by atoms with Gasteiger partial charge in [-0.15, -0.1) is 0 Å². The lowest BCUT2D eigenvalue weighted by Crippen LogP contribution is -2.28. The van der Waals surface area contributed by atoms with E-state index in [1.54, 1.807) is 47.6 Å². The quantitative estimate of drug-likeness (QED) is 0.878. The molecule has 1 aromatic carbocycles. The summed E-state index contributed by atoms with van der Waals surface area (Å²) in [5.74, 6) is 0.0925. The van der Waals surface area contributed by atoms with E-state index in [9.17, 15) is 9.90 Å². The van der Waals surface area contributed by atoms with Gasteiger partial charge in [0, 0.05) is 12.7 Å². The van der Waals surface area contributed by atoms with Gasteiger partial charge in [0.15, 0.2) is 5.17 Å². The van der Waals surface area contributed by atoms with Crippen LogP contribution in [-0.4, -0.2) is 32.6 Å². The second-order valence-corrected chi connectivity index (χ2v) is 5.87. The summed E-state index contributed by atoms with van der Waals surface area (Å²) in [5.41, 5.74) is 1.49. The number of hydrogen-bond donors (Lipinski definition) is 1. The standard InChI is InChI=1S/C17H15N3O2S/c1-2-20-16(22)15(10-12-5-3-7-14(21)9-12)23-17(20)19-13-6-4-8-18-11-13/h3-11,21H,2H2,1H3/b15-10-,19-17?. The van der Waals surface area contributed by atoms with E-state index in [1.165, 1.54) is 11.8 Å². The smallest absolute Gasteiger partial charge is 0.266 e. The van der Waals surface area contributed by atoms with E-state index in [-0.39, 0.29) is 11.7 Å². The molecule has 5 nitrogen and oxygen atoms in total. The third-order valence-electron chi connectivity index (χ3n) is 3.24. The van der Waals surface area contributed by atoms with Crippen LogP contribution in [0.3, 0.4) is 0 Å². The molecule has 1 fully saturated rings. The number of nitrogens with zero attached hydrogens (tertiary/aromatic N) is 3. The first-order valence-corrected chi connectivity index (χ1v) is 7.98. The Morgan fingerprint density at radius 2 is 2.22 bits per heavy atom. The lowest BCUT2D eigenvalue weighted by Gasteiger charge is -2.11. The highest BCUT2D eigenvalue weighted by molar-refractivity contribution is 8.18. The van der Waals surface area contributed by atoms with E-state index in [2.05, 4.69) is 9.98 Å². The molecule has 1 aliphatic heterocycles. The van der Waals surface area contributed by atoms with Gasteiger partial charge in [-0.25, -0.2) is 4.99 Å². The number of thioether (sulfide) groups is 1. The zero-order chi connectivity index (χ0) is 16.2. The molecule has 3 rings (SSSR count). The Balaban J connectivity index is 1.93. The summed E-state index contributed by atoms with van der Waals surface area (Å²) in [5, 5.41) is 10.2. The van der Waals surface area contributed by atoms with E-state index in [1.807, 2.05) is 19.1 Å². The van der Waals surface area contributed by atoms with Crippen molar-refractivity contribution in [3.63, 3.8) is 0 Å². The number of phenols is 1. The molecule has 2 heterocycles. The molecule has 6 heteroatoms. The van der Waals surface area contributed by atoms with Crippen LogP contribution in [0, 0.1) is 0 Å². The molecule has 0 aliphatic carbocycles. The predicted octanol–water partition coefficient (Wildman–Crippen LogP) is 3.41. The van der Waals surface area contributed by atoms with Gasteiger partial charge < -0.3 is 5.11 Å². The van der Waals surface area contributed by atoms with Crippen molar-refractivity contribution in [2.24, 2.45) is 4.99 Å². The second kappa shape index (κ2) is 6.66. The summed E-state index contributed by atoms with van der Waals surface area (Å²) in [4.78, 5) is 23.3. The maximum Gasteiger partial charge on any atom is 0.266 e. The molecule has 116 valence electrons. The minimum Gasteiger partial charge on any atom is -0.508 e. The van der Waals surface area contributed by atoms with Gasteiger partial charge in [-0.1, -0.05) is 12.1 Å². The number of hydrogen-bond acceptors (Lipinski definition) is 5. The molecule has 1 amide bonds. The average Bonchev–Trinajstić information content (AvgIpc) is 2.83. The van der Waals surface area contributed by atoms with Crippen molar-refractivity contribution in [3.05, 3.63) is 59.3 Å². The van der Waals surface area contributed by atoms with Gasteiger partial charge >= 0.3 is 0 Å². The normalized spacial score (nSPS) is 18.1. The number of likely N-dealkylation sites (N-methyl/N-ethyl adjacent to an activating group) is 1. The Morgan fingerprint density at radius 3 is 2.91 bits per heavy atom. The molecule has 1 saturated heterocycles. The summed E-state index contributed by atoms with van der Waals surface area (Å²) < 4.78 is 0. The Hall–Kier alpha value is -2.60. The van der Waals surface area contributed by atoms with Crippen molar-refractivity contribution in [2.75, 3.05) is 6.54 Å². The Bertz CT molecular complexity index is 787. The van der Waals surface area contributed by atoms with Gasteiger partial charge in [-0.05, 0) is 54.6 Å². The van der Waals surface area contributed by atoms with Crippen LogP contribution in [0.15, 0.2) is 58.7 Å². The fourth-order valence-electron chi connectivity index (χ4n) is 2.17. The first-order valence-electron chi connectivity index (χ1n) is 7.16. The molecular formula is C17H15N3O2S. The van der Waals surface area contributed by atoms with Gasteiger partial charge in [-0.2, -0.15) is 0 Å². The number of amidine groups is 1. The third-order valence-corrected chi connectivity index (χ3v) is 4.25. The second-order valence-electron chi connectivity index (χ2n) is 4.86. The summed E-state index contributed by atoms with van der Waals surface area (Å²) in [7, 11) is 0. The van der Waals surface area contributed by atoms with E-state index in [0.717, 1.165) is 5.56 Å². The molecule has 2 aromatic rings. The molecule has 0 bridgehead atoms. The van der Waals surface area contributed by atoms with Gasteiger partial charge in [0.05, 0.1) is 16.8 Å². The van der Waals surface area contributed by atoms with Crippen LogP contribution < -0.4 is 0 Å². The van der Waals surface area contributed by atoms with E-state index in [4.69, 9.17) is 0 Å². The number of pyridine rings is 1. The molecule has 0 saturated carbocycles. The Morgan fingerprint density at radius 1 is 1.35 bits per heavy atom. The number of amides is 1. The van der Waals surface area contributed by atoms with Crippen molar-refractivity contribution in [1.29, 1.82) is 0 Å². The number of aromatic hydroxyl groups is 1. The van der Waals surface area contributed by atoms with Crippen molar-refractivity contribution in [1.82, 2.24) is 9.88 Å². The molecule has 23 heavy (non-hydrogen) atoms. The third kappa shape index (κ3) is 3.43. The van der Waals surface area contributed by atoms with Gasteiger partial charge in [-0.3, -0.25) is 14.7 Å². The zero-order valence-corrected chi connectivity index (χ0v) is 13.3. The van der Waals surface area contributed by atoms with Crippen molar-refractivity contribution < 1.29 is 9.90 Å². The van der Waals surface area contributed by atoms with Crippen molar-refractivity contribution >= 4 is 34.6 Å². The number of aromatic nitrogens is 1. The van der Waals surface area contributed by atoms with Crippen LogP contribution in [0.25, 0.3) is 6.08 Å². The van der Waals surface area contributed by atoms with Crippen molar-refractivity contribution in [3.8, 4) is 5.75 Å². The average molecular weight is 325 g/mol. The highest BCUT2D eigenvalue weighted by Gasteiger charge is 2.32.